The summed E-state index contributed by atoms with van der Waals surface area (Å²) in [6, 6.07) is 16.1. The van der Waals surface area contributed by atoms with Crippen LogP contribution in [0.2, 0.25) is 0 Å². The molecule has 0 bridgehead atoms. The van der Waals surface area contributed by atoms with Gasteiger partial charge in [0.1, 0.15) is 23.8 Å². The first-order chi connectivity index (χ1) is 22.9. The molecule has 2 aromatic carbocycles. The Morgan fingerprint density at radius 1 is 0.792 bits per heavy atom. The number of rotatable bonds is 6. The maximum atomic E-state index is 13.2. The molecule has 10 nitrogen and oxygen atoms in total. The lowest BCUT2D eigenvalue weighted by molar-refractivity contribution is 0.421. The fraction of sp³-hybridized carbons (Fsp3) is 0.133. The fourth-order valence-corrected chi connectivity index (χ4v) is 7.35. The van der Waals surface area contributed by atoms with E-state index in [-0.39, 0.29) is 22.9 Å². The maximum Gasteiger partial charge on any atom is 0.507 e. The molecule has 0 unspecified atom stereocenters. The standard InChI is InChI=1S/C15H10BrFN4S.C10H6Br2FNS.C5H6BN3O2/c1-21-12(6-11(7-18)19-21)4-9-8-22-20-15(9)13-3-2-10(17)5-14(13)16;11-4-6-5-15-14-10(6)8-2-1-7(13)3-9(8)12;1-9-5(6(10)11)2-4(3-7)8-9/h2-3,5-6,8H,4H2,1H3;1-3,5H,4H2;2,10-11H,1H3. The number of nitriles is 2. The van der Waals surface area contributed by atoms with Crippen molar-refractivity contribution >= 4 is 83.6 Å². The van der Waals surface area contributed by atoms with E-state index in [9.17, 15) is 8.78 Å². The highest BCUT2D eigenvalue weighted by Crippen LogP contribution is 2.33. The first-order valence-electron chi connectivity index (χ1n) is 13.5. The van der Waals surface area contributed by atoms with Crippen LogP contribution in [0.5, 0.6) is 0 Å². The number of hydrogen-bond donors (Lipinski definition) is 2. The molecule has 4 aromatic heterocycles. The Bertz CT molecular complexity index is 2120. The molecular formula is C30H22BBr3F2N8O2S2. The summed E-state index contributed by atoms with van der Waals surface area (Å²) >= 11 is 12.9. The maximum absolute atomic E-state index is 13.2. The van der Waals surface area contributed by atoms with Crippen LogP contribution in [0.15, 0.2) is 68.2 Å². The van der Waals surface area contributed by atoms with Crippen molar-refractivity contribution in [3.63, 3.8) is 0 Å². The van der Waals surface area contributed by atoms with Crippen LogP contribution in [-0.4, -0.2) is 45.5 Å². The molecule has 0 saturated carbocycles. The van der Waals surface area contributed by atoms with Crippen molar-refractivity contribution in [2.45, 2.75) is 11.8 Å². The van der Waals surface area contributed by atoms with Gasteiger partial charge in [0, 0.05) is 67.9 Å². The van der Waals surface area contributed by atoms with E-state index in [1.807, 2.05) is 23.9 Å². The van der Waals surface area contributed by atoms with E-state index in [1.54, 1.807) is 29.0 Å². The smallest absolute Gasteiger partial charge is 0.422 e. The zero-order chi connectivity index (χ0) is 35.0. The highest BCUT2D eigenvalue weighted by atomic mass is 79.9. The van der Waals surface area contributed by atoms with E-state index in [0.29, 0.717) is 16.6 Å². The van der Waals surface area contributed by atoms with Gasteiger partial charge in [0.05, 0.1) is 17.0 Å². The molecule has 244 valence electrons. The predicted octanol–water partition coefficient (Wildman–Crippen LogP) is 6.49. The minimum Gasteiger partial charge on any atom is -0.422 e. The van der Waals surface area contributed by atoms with Gasteiger partial charge in [0.25, 0.3) is 0 Å². The molecule has 0 saturated heterocycles. The van der Waals surface area contributed by atoms with Crippen molar-refractivity contribution in [1.29, 1.82) is 10.5 Å². The van der Waals surface area contributed by atoms with Crippen molar-refractivity contribution in [2.24, 2.45) is 14.1 Å². The third-order valence-electron chi connectivity index (χ3n) is 6.56. The lowest BCUT2D eigenvalue weighted by Gasteiger charge is -2.06. The first-order valence-corrected chi connectivity index (χ1v) is 17.9. The zero-order valence-electron chi connectivity index (χ0n) is 24.9. The Hall–Kier alpha value is -3.62. The molecular weight excluding hydrogens is 857 g/mol. The minimum absolute atomic E-state index is 0.176. The van der Waals surface area contributed by atoms with E-state index in [2.05, 4.69) is 66.7 Å². The van der Waals surface area contributed by atoms with Crippen molar-refractivity contribution in [3.8, 4) is 34.7 Å². The third-order valence-corrected chi connectivity index (χ3v) is 9.83. The Labute approximate surface area is 307 Å². The molecule has 48 heavy (non-hydrogen) atoms. The second kappa shape index (κ2) is 17.2. The highest BCUT2D eigenvalue weighted by Gasteiger charge is 2.17. The largest absolute Gasteiger partial charge is 0.507 e. The van der Waals surface area contributed by atoms with Crippen molar-refractivity contribution in [2.75, 3.05) is 0 Å². The molecule has 6 aromatic rings. The number of aryl methyl sites for hydroxylation is 2. The third kappa shape index (κ3) is 9.29. The fourth-order valence-electron chi connectivity index (χ4n) is 4.24. The van der Waals surface area contributed by atoms with Crippen molar-refractivity contribution in [1.82, 2.24) is 28.3 Å². The lowest BCUT2D eigenvalue weighted by atomic mass is 9.86. The van der Waals surface area contributed by atoms with Crippen LogP contribution in [0.1, 0.15) is 28.2 Å². The summed E-state index contributed by atoms with van der Waals surface area (Å²) in [5, 5.41) is 47.2. The summed E-state index contributed by atoms with van der Waals surface area (Å²) in [5.74, 6) is -0.543. The number of nitrogens with zero attached hydrogens (tertiary/aromatic N) is 8. The Kier molecular flexibility index (Phi) is 13.3. The molecule has 0 atom stereocenters. The van der Waals surface area contributed by atoms with Crippen LogP contribution in [0, 0.1) is 34.3 Å². The molecule has 18 heteroatoms. The quantitative estimate of drug-likeness (QED) is 0.143. The van der Waals surface area contributed by atoms with E-state index >= 15 is 0 Å². The predicted molar refractivity (Wildman–Crippen MR) is 192 cm³/mol. The van der Waals surface area contributed by atoms with E-state index in [1.165, 1.54) is 65.1 Å². The second-order valence-corrected chi connectivity index (χ2v) is 13.3. The monoisotopic (exact) mass is 876 g/mol. The summed E-state index contributed by atoms with van der Waals surface area (Å²) in [5.41, 5.74) is 7.34. The van der Waals surface area contributed by atoms with Gasteiger partial charge < -0.3 is 10.0 Å². The van der Waals surface area contributed by atoms with Crippen LogP contribution >= 0.6 is 70.9 Å². The summed E-state index contributed by atoms with van der Waals surface area (Å²) in [6.07, 6.45) is 0.612. The van der Waals surface area contributed by atoms with Gasteiger partial charge in [-0.1, -0.05) is 15.9 Å². The molecule has 0 aliphatic heterocycles. The summed E-state index contributed by atoms with van der Waals surface area (Å²) in [6.45, 7) is 0. The van der Waals surface area contributed by atoms with Gasteiger partial charge in [-0.25, -0.2) is 8.78 Å². The lowest BCUT2D eigenvalue weighted by Crippen LogP contribution is -2.35. The molecule has 0 amide bonds. The van der Waals surface area contributed by atoms with Gasteiger partial charge in [0.2, 0.25) is 0 Å². The van der Waals surface area contributed by atoms with Gasteiger partial charge in [0.15, 0.2) is 11.4 Å². The SMILES string of the molecule is Cn1nc(C#N)cc1B(O)O.Cn1nc(C#N)cc1Cc1csnc1-c1ccc(F)cc1Br.Fc1ccc(-c2nscc2CBr)c(Br)c1. The van der Waals surface area contributed by atoms with E-state index in [0.717, 1.165) is 49.1 Å². The molecule has 4 heterocycles. The van der Waals surface area contributed by atoms with Crippen molar-refractivity contribution in [3.05, 3.63) is 108 Å². The molecule has 6 rings (SSSR count). The Morgan fingerprint density at radius 2 is 1.29 bits per heavy atom. The summed E-state index contributed by atoms with van der Waals surface area (Å²) in [7, 11) is 1.77. The number of aromatic nitrogens is 6. The Balaban J connectivity index is 0.000000174. The van der Waals surface area contributed by atoms with E-state index in [4.69, 9.17) is 20.6 Å². The molecule has 0 fully saturated rings. The zero-order valence-corrected chi connectivity index (χ0v) is 31.3. The first kappa shape index (κ1) is 37.2. The van der Waals surface area contributed by atoms with Crippen LogP contribution < -0.4 is 5.59 Å². The minimum atomic E-state index is -1.57. The summed E-state index contributed by atoms with van der Waals surface area (Å²) in [4.78, 5) is 0. The number of hydrogen-bond acceptors (Lipinski definition) is 10. The molecule has 0 aliphatic carbocycles. The number of benzene rings is 2. The summed E-state index contributed by atoms with van der Waals surface area (Å²) < 4.78 is 39.2. The molecule has 0 spiro atoms. The average molecular weight is 879 g/mol. The topological polar surface area (TPSA) is 149 Å². The van der Waals surface area contributed by atoms with Gasteiger partial charge >= 0.3 is 7.12 Å². The van der Waals surface area contributed by atoms with E-state index < -0.39 is 7.12 Å². The average Bonchev–Trinajstić information content (AvgIpc) is 3.85. The highest BCUT2D eigenvalue weighted by molar-refractivity contribution is 9.11. The van der Waals surface area contributed by atoms with Crippen molar-refractivity contribution < 1.29 is 18.8 Å². The van der Waals surface area contributed by atoms with Gasteiger partial charge in [-0.15, -0.1) is 0 Å². The number of alkyl halides is 1. The molecule has 2 N–H and O–H groups in total. The normalized spacial score (nSPS) is 10.3. The van der Waals surface area contributed by atoms with Gasteiger partial charge in [-0.3, -0.25) is 9.36 Å². The second-order valence-electron chi connectivity index (χ2n) is 9.76. The van der Waals surface area contributed by atoms with Crippen LogP contribution in [-0.2, 0) is 25.8 Å². The van der Waals surface area contributed by atoms with Crippen LogP contribution in [0.25, 0.3) is 22.5 Å². The number of halogens is 5. The Morgan fingerprint density at radius 3 is 1.73 bits per heavy atom. The molecule has 0 radical (unpaired) electrons. The van der Waals surface area contributed by atoms with Gasteiger partial charge in [-0.2, -0.15) is 29.5 Å². The van der Waals surface area contributed by atoms with Crippen LogP contribution in [0.3, 0.4) is 0 Å². The molecule has 0 aliphatic rings. The van der Waals surface area contributed by atoms with Gasteiger partial charge in [-0.05, 0) is 109 Å². The van der Waals surface area contributed by atoms with Crippen LogP contribution in [0.4, 0.5) is 8.78 Å².